The fourth-order valence-electron chi connectivity index (χ4n) is 3.98. The van der Waals surface area contributed by atoms with Crippen LogP contribution in [0.4, 0.5) is 4.79 Å². The summed E-state index contributed by atoms with van der Waals surface area (Å²) in [4.78, 5) is 26.4. The smallest absolute Gasteiger partial charge is 0.410 e. The fourth-order valence-corrected chi connectivity index (χ4v) is 5.01. The van der Waals surface area contributed by atoms with Crippen molar-refractivity contribution < 1.29 is 31.7 Å². The molecule has 172 valence electrons. The van der Waals surface area contributed by atoms with Crippen molar-refractivity contribution in [3.05, 3.63) is 35.9 Å². The average molecular weight is 454 g/mol. The number of cyclic esters (lactones) is 1. The second-order valence-corrected chi connectivity index (χ2v) is 10.9. The molecule has 1 aromatic carbocycles. The molecule has 8 nitrogen and oxygen atoms in total. The van der Waals surface area contributed by atoms with Crippen LogP contribution in [0, 0.1) is 5.41 Å². The molecular formula is C22H31NO7S. The number of carbonyl (C=O) groups is 2. The van der Waals surface area contributed by atoms with Crippen LogP contribution in [0.15, 0.2) is 30.3 Å². The Labute approximate surface area is 184 Å². The highest BCUT2D eigenvalue weighted by Gasteiger charge is 2.51. The fraction of sp³-hybridized carbons (Fsp3) is 0.636. The molecule has 2 saturated heterocycles. The zero-order valence-electron chi connectivity index (χ0n) is 18.3. The number of rotatable bonds is 6. The molecule has 1 atom stereocenters. The van der Waals surface area contributed by atoms with Crippen LogP contribution in [0.3, 0.4) is 0 Å². The lowest BCUT2D eigenvalue weighted by Crippen LogP contribution is -2.46. The van der Waals surface area contributed by atoms with Crippen LogP contribution in [0.25, 0.3) is 0 Å². The van der Waals surface area contributed by atoms with E-state index in [0.29, 0.717) is 44.3 Å². The van der Waals surface area contributed by atoms with Crippen LogP contribution in [0.1, 0.15) is 52.0 Å². The molecule has 1 amide bonds. The molecule has 0 aromatic heterocycles. The van der Waals surface area contributed by atoms with Gasteiger partial charge in [0.1, 0.15) is 17.5 Å². The highest BCUT2D eigenvalue weighted by atomic mass is 32.2. The van der Waals surface area contributed by atoms with Gasteiger partial charge in [-0.1, -0.05) is 30.3 Å². The van der Waals surface area contributed by atoms with Crippen molar-refractivity contribution >= 4 is 22.2 Å². The lowest BCUT2D eigenvalue weighted by atomic mass is 9.76. The van der Waals surface area contributed by atoms with E-state index in [2.05, 4.69) is 0 Å². The summed E-state index contributed by atoms with van der Waals surface area (Å²) in [6.45, 7) is 6.27. The van der Waals surface area contributed by atoms with E-state index in [0.717, 1.165) is 0 Å². The van der Waals surface area contributed by atoms with Gasteiger partial charge in [-0.2, -0.15) is 8.42 Å². The van der Waals surface area contributed by atoms with Crippen molar-refractivity contribution in [1.82, 2.24) is 4.90 Å². The molecule has 9 heteroatoms. The van der Waals surface area contributed by atoms with Crippen molar-refractivity contribution in [2.45, 2.75) is 63.9 Å². The van der Waals surface area contributed by atoms with E-state index in [1.165, 1.54) is 0 Å². The van der Waals surface area contributed by atoms with Gasteiger partial charge in [-0.3, -0.25) is 8.98 Å². The normalized spacial score (nSPS) is 21.2. The molecule has 2 fully saturated rings. The minimum absolute atomic E-state index is 0.0345. The predicted molar refractivity (Wildman–Crippen MR) is 114 cm³/mol. The maximum Gasteiger partial charge on any atom is 0.410 e. The van der Waals surface area contributed by atoms with Crippen LogP contribution in [0.2, 0.25) is 0 Å². The molecule has 0 bridgehead atoms. The number of esters is 1. The molecular weight excluding hydrogens is 422 g/mol. The highest BCUT2D eigenvalue weighted by molar-refractivity contribution is 7.85. The summed E-state index contributed by atoms with van der Waals surface area (Å²) < 4.78 is 40.3. The monoisotopic (exact) mass is 453 g/mol. The number of hydrogen-bond acceptors (Lipinski definition) is 7. The van der Waals surface area contributed by atoms with Gasteiger partial charge in [-0.25, -0.2) is 4.79 Å². The van der Waals surface area contributed by atoms with Crippen LogP contribution in [-0.2, 0) is 34.3 Å². The van der Waals surface area contributed by atoms with Crippen molar-refractivity contribution in [2.75, 3.05) is 19.7 Å². The maximum absolute atomic E-state index is 12.6. The Kier molecular flexibility index (Phi) is 6.95. The second kappa shape index (κ2) is 9.16. The summed E-state index contributed by atoms with van der Waals surface area (Å²) in [7, 11) is -3.70. The molecule has 2 heterocycles. The van der Waals surface area contributed by atoms with Crippen molar-refractivity contribution in [3.8, 4) is 0 Å². The van der Waals surface area contributed by atoms with E-state index in [1.807, 2.05) is 26.8 Å². The Morgan fingerprint density at radius 2 is 1.84 bits per heavy atom. The summed E-state index contributed by atoms with van der Waals surface area (Å²) in [5, 5.41) is 0. The van der Waals surface area contributed by atoms with Gasteiger partial charge < -0.3 is 14.4 Å². The van der Waals surface area contributed by atoms with E-state index in [-0.39, 0.29) is 30.5 Å². The summed E-state index contributed by atoms with van der Waals surface area (Å²) in [5.41, 5.74) is -0.526. The number of amides is 1. The average Bonchev–Trinajstić information content (AvgIpc) is 2.96. The van der Waals surface area contributed by atoms with Gasteiger partial charge >= 0.3 is 12.1 Å². The summed E-state index contributed by atoms with van der Waals surface area (Å²) in [5.74, 6) is -0.462. The van der Waals surface area contributed by atoms with Crippen LogP contribution >= 0.6 is 0 Å². The Hall–Kier alpha value is -2.13. The maximum atomic E-state index is 12.6. The SMILES string of the molecule is CC(C)(C)OC(=O)N1CCC2(CC1)C[C@H](CCOS(=O)(=O)Cc1ccccc1)OC2=O. The number of piperidine rings is 1. The minimum Gasteiger partial charge on any atom is -0.462 e. The summed E-state index contributed by atoms with van der Waals surface area (Å²) >= 11 is 0. The minimum atomic E-state index is -3.70. The number of benzene rings is 1. The Bertz CT molecular complexity index is 884. The first kappa shape index (κ1) is 23.5. The third-order valence-electron chi connectivity index (χ3n) is 5.59. The largest absolute Gasteiger partial charge is 0.462 e. The van der Waals surface area contributed by atoms with Gasteiger partial charge in [0.25, 0.3) is 10.1 Å². The number of hydrogen-bond donors (Lipinski definition) is 0. The van der Waals surface area contributed by atoms with Crippen LogP contribution in [-0.4, -0.2) is 56.8 Å². The quantitative estimate of drug-likeness (QED) is 0.481. The van der Waals surface area contributed by atoms with Gasteiger partial charge in [0, 0.05) is 25.9 Å². The van der Waals surface area contributed by atoms with Gasteiger partial charge in [-0.15, -0.1) is 0 Å². The molecule has 0 saturated carbocycles. The standard InChI is InChI=1S/C22H31NO7S/c1-21(2,3)30-20(25)23-12-10-22(11-13-23)15-18(29-19(22)24)9-14-28-31(26,27)16-17-7-5-4-6-8-17/h4-8,18H,9-16H2,1-3H3/t18-/m0/s1. The van der Waals surface area contributed by atoms with Gasteiger partial charge in [0.2, 0.25) is 0 Å². The van der Waals surface area contributed by atoms with E-state index >= 15 is 0 Å². The first-order chi connectivity index (χ1) is 14.5. The molecule has 0 N–H and O–H groups in total. The molecule has 3 rings (SSSR count). The summed E-state index contributed by atoms with van der Waals surface area (Å²) in [6, 6.07) is 8.83. The number of ether oxygens (including phenoxy) is 2. The van der Waals surface area contributed by atoms with Crippen LogP contribution < -0.4 is 0 Å². The number of carbonyl (C=O) groups excluding carboxylic acids is 2. The second-order valence-electron chi connectivity index (χ2n) is 9.28. The van der Waals surface area contributed by atoms with Gasteiger partial charge in [0.05, 0.1) is 12.0 Å². The van der Waals surface area contributed by atoms with Crippen molar-refractivity contribution in [1.29, 1.82) is 0 Å². The Morgan fingerprint density at radius 3 is 2.45 bits per heavy atom. The van der Waals surface area contributed by atoms with Crippen LogP contribution in [0.5, 0.6) is 0 Å². The van der Waals surface area contributed by atoms with E-state index < -0.39 is 21.1 Å². The van der Waals surface area contributed by atoms with Crippen molar-refractivity contribution in [3.63, 3.8) is 0 Å². The lowest BCUT2D eigenvalue weighted by molar-refractivity contribution is -0.151. The molecule has 2 aliphatic rings. The topological polar surface area (TPSA) is 99.2 Å². The van der Waals surface area contributed by atoms with E-state index in [9.17, 15) is 18.0 Å². The zero-order chi connectivity index (χ0) is 22.7. The molecule has 0 unspecified atom stereocenters. The third-order valence-corrected chi connectivity index (χ3v) is 6.80. The molecule has 0 radical (unpaired) electrons. The van der Waals surface area contributed by atoms with Gasteiger partial charge in [-0.05, 0) is 39.2 Å². The Balaban J connectivity index is 1.46. The first-order valence-corrected chi connectivity index (χ1v) is 12.2. The molecule has 1 aromatic rings. The number of nitrogens with zero attached hydrogens (tertiary/aromatic N) is 1. The molecule has 31 heavy (non-hydrogen) atoms. The highest BCUT2D eigenvalue weighted by Crippen LogP contribution is 2.44. The molecule has 0 aliphatic carbocycles. The van der Waals surface area contributed by atoms with Crippen molar-refractivity contribution in [2.24, 2.45) is 5.41 Å². The van der Waals surface area contributed by atoms with E-state index in [1.54, 1.807) is 29.2 Å². The third kappa shape index (κ3) is 6.43. The first-order valence-electron chi connectivity index (χ1n) is 10.6. The zero-order valence-corrected chi connectivity index (χ0v) is 19.2. The Morgan fingerprint density at radius 1 is 1.19 bits per heavy atom. The molecule has 2 aliphatic heterocycles. The lowest BCUT2D eigenvalue weighted by Gasteiger charge is -2.37. The van der Waals surface area contributed by atoms with E-state index in [4.69, 9.17) is 13.7 Å². The van der Waals surface area contributed by atoms with Gasteiger partial charge in [0.15, 0.2) is 0 Å². The number of likely N-dealkylation sites (tertiary alicyclic amines) is 1. The summed E-state index contributed by atoms with van der Waals surface area (Å²) in [6.07, 6.45) is 1.09. The predicted octanol–water partition coefficient (Wildman–Crippen LogP) is 3.26. The molecule has 1 spiro atoms.